The monoisotopic (exact) mass is 374 g/mol. The molecule has 1 unspecified atom stereocenters. The molecule has 0 aromatic carbocycles. The SMILES string of the molecule is CCCCCCCCCCC1(OCC)CCC[Si](OCC)(OCC)O1. The van der Waals surface area contributed by atoms with Crippen LogP contribution in [0.5, 0.6) is 0 Å². The van der Waals surface area contributed by atoms with Gasteiger partial charge in [-0.3, -0.25) is 0 Å². The summed E-state index contributed by atoms with van der Waals surface area (Å²) < 4.78 is 24.7. The van der Waals surface area contributed by atoms with Crippen molar-refractivity contribution in [3.8, 4) is 0 Å². The third-order valence-corrected chi connectivity index (χ3v) is 8.04. The number of hydrogen-bond donors (Lipinski definition) is 0. The fourth-order valence-electron chi connectivity index (χ4n) is 3.79. The third kappa shape index (κ3) is 8.52. The van der Waals surface area contributed by atoms with E-state index in [4.69, 9.17) is 18.0 Å². The van der Waals surface area contributed by atoms with E-state index in [2.05, 4.69) is 13.8 Å². The maximum Gasteiger partial charge on any atom is 0.503 e. The van der Waals surface area contributed by atoms with Crippen molar-refractivity contribution in [2.45, 2.75) is 110 Å². The zero-order chi connectivity index (χ0) is 18.4. The maximum absolute atomic E-state index is 6.51. The lowest BCUT2D eigenvalue weighted by atomic mass is 10.0. The molecular formula is C20H42O4Si. The molecular weight excluding hydrogens is 332 g/mol. The van der Waals surface area contributed by atoms with Crippen LogP contribution in [0, 0.1) is 0 Å². The zero-order valence-electron chi connectivity index (χ0n) is 17.2. The summed E-state index contributed by atoms with van der Waals surface area (Å²) in [5.41, 5.74) is 0. The fraction of sp³-hybridized carbons (Fsp3) is 1.00. The van der Waals surface area contributed by atoms with E-state index >= 15 is 0 Å². The molecule has 0 spiro atoms. The highest BCUT2D eigenvalue weighted by molar-refractivity contribution is 6.61. The molecule has 1 heterocycles. The summed E-state index contributed by atoms with van der Waals surface area (Å²) in [5.74, 6) is -0.480. The van der Waals surface area contributed by atoms with E-state index in [-0.39, 0.29) is 0 Å². The van der Waals surface area contributed by atoms with Gasteiger partial charge in [0.1, 0.15) is 0 Å². The van der Waals surface area contributed by atoms with E-state index in [0.29, 0.717) is 19.8 Å². The minimum Gasteiger partial charge on any atom is -0.374 e. The number of rotatable bonds is 15. The van der Waals surface area contributed by atoms with Gasteiger partial charge in [0, 0.05) is 38.7 Å². The highest BCUT2D eigenvalue weighted by atomic mass is 28.4. The van der Waals surface area contributed by atoms with E-state index in [1.54, 1.807) is 0 Å². The number of hydrogen-bond acceptors (Lipinski definition) is 4. The van der Waals surface area contributed by atoms with Gasteiger partial charge in [0.05, 0.1) is 0 Å². The number of unbranched alkanes of at least 4 members (excludes halogenated alkanes) is 7. The minimum atomic E-state index is -2.57. The molecule has 5 heteroatoms. The van der Waals surface area contributed by atoms with Gasteiger partial charge in [-0.1, -0.05) is 51.9 Å². The van der Waals surface area contributed by atoms with Crippen LogP contribution in [0.4, 0.5) is 0 Å². The van der Waals surface area contributed by atoms with Crippen LogP contribution in [0.25, 0.3) is 0 Å². The highest BCUT2D eigenvalue weighted by Gasteiger charge is 2.52. The second-order valence-corrected chi connectivity index (χ2v) is 9.72. The summed E-state index contributed by atoms with van der Waals surface area (Å²) in [6.07, 6.45) is 13.6. The molecule has 1 rings (SSSR count). The Morgan fingerprint density at radius 3 is 1.96 bits per heavy atom. The summed E-state index contributed by atoms with van der Waals surface area (Å²) in [6, 6.07) is 0.918. The average molecular weight is 375 g/mol. The van der Waals surface area contributed by atoms with Gasteiger partial charge in [-0.25, -0.2) is 0 Å². The van der Waals surface area contributed by atoms with Crippen molar-refractivity contribution < 1.29 is 18.0 Å². The summed E-state index contributed by atoms with van der Waals surface area (Å²) in [6.45, 7) is 10.3. The Morgan fingerprint density at radius 1 is 0.800 bits per heavy atom. The predicted octanol–water partition coefficient (Wildman–Crippen LogP) is 6.07. The van der Waals surface area contributed by atoms with E-state index in [0.717, 1.165) is 31.7 Å². The van der Waals surface area contributed by atoms with Gasteiger partial charge in [0.25, 0.3) is 0 Å². The number of ether oxygens (including phenoxy) is 1. The molecule has 0 N–H and O–H groups in total. The first kappa shape index (κ1) is 23.1. The normalized spacial score (nSPS) is 23.0. The largest absolute Gasteiger partial charge is 0.503 e. The second-order valence-electron chi connectivity index (χ2n) is 7.07. The van der Waals surface area contributed by atoms with Gasteiger partial charge in [-0.05, 0) is 33.6 Å². The molecule has 0 aromatic heterocycles. The van der Waals surface area contributed by atoms with Crippen molar-refractivity contribution in [2.75, 3.05) is 19.8 Å². The van der Waals surface area contributed by atoms with Crippen LogP contribution in [0.15, 0.2) is 0 Å². The maximum atomic E-state index is 6.51. The predicted molar refractivity (Wildman–Crippen MR) is 106 cm³/mol. The molecule has 0 aromatic rings. The van der Waals surface area contributed by atoms with Gasteiger partial charge < -0.3 is 18.0 Å². The zero-order valence-corrected chi connectivity index (χ0v) is 18.2. The first-order chi connectivity index (χ1) is 12.2. The Kier molecular flexibility index (Phi) is 12.3. The molecule has 0 aliphatic carbocycles. The van der Waals surface area contributed by atoms with E-state index in [9.17, 15) is 0 Å². The quantitative estimate of drug-likeness (QED) is 0.257. The van der Waals surface area contributed by atoms with Crippen molar-refractivity contribution >= 4 is 8.80 Å². The molecule has 0 saturated carbocycles. The Bertz CT molecular complexity index is 311. The molecule has 1 aliphatic rings. The van der Waals surface area contributed by atoms with Crippen LogP contribution in [0.3, 0.4) is 0 Å². The second kappa shape index (κ2) is 13.3. The van der Waals surface area contributed by atoms with Crippen LogP contribution >= 0.6 is 0 Å². The van der Waals surface area contributed by atoms with Crippen molar-refractivity contribution in [1.82, 2.24) is 0 Å². The van der Waals surface area contributed by atoms with Gasteiger partial charge in [0.15, 0.2) is 5.79 Å². The van der Waals surface area contributed by atoms with Gasteiger partial charge in [0.2, 0.25) is 0 Å². The topological polar surface area (TPSA) is 36.9 Å². The van der Waals surface area contributed by atoms with Crippen molar-refractivity contribution in [1.29, 1.82) is 0 Å². The lowest BCUT2D eigenvalue weighted by Gasteiger charge is -2.45. The molecule has 0 radical (unpaired) electrons. The molecule has 1 fully saturated rings. The smallest absolute Gasteiger partial charge is 0.374 e. The van der Waals surface area contributed by atoms with E-state index in [1.807, 2.05) is 13.8 Å². The molecule has 4 nitrogen and oxygen atoms in total. The lowest BCUT2D eigenvalue weighted by Crippen LogP contribution is -2.57. The fourth-order valence-corrected chi connectivity index (χ4v) is 6.70. The summed E-state index contributed by atoms with van der Waals surface area (Å²) >= 11 is 0. The average Bonchev–Trinajstić information content (AvgIpc) is 2.58. The van der Waals surface area contributed by atoms with E-state index in [1.165, 1.54) is 44.9 Å². The minimum absolute atomic E-state index is 0.480. The van der Waals surface area contributed by atoms with Crippen molar-refractivity contribution in [3.63, 3.8) is 0 Å². The summed E-state index contributed by atoms with van der Waals surface area (Å²) in [7, 11) is -2.57. The Hall–Kier alpha value is 0.0569. The van der Waals surface area contributed by atoms with Gasteiger partial charge >= 0.3 is 8.80 Å². The van der Waals surface area contributed by atoms with Crippen LogP contribution in [0.1, 0.15) is 98.3 Å². The molecule has 150 valence electrons. The van der Waals surface area contributed by atoms with Crippen molar-refractivity contribution in [2.24, 2.45) is 0 Å². The standard InChI is InChI=1S/C20H42O4Si/c1-5-9-10-11-12-13-14-15-17-20(21-6-2)18-16-19-25(24-20,22-7-3)23-8-4/h5-19H2,1-4H3. The molecule has 1 aliphatic heterocycles. The molecule has 0 bridgehead atoms. The first-order valence-electron chi connectivity index (χ1n) is 10.8. The van der Waals surface area contributed by atoms with Crippen molar-refractivity contribution in [3.05, 3.63) is 0 Å². The van der Waals surface area contributed by atoms with Crippen LogP contribution in [-0.2, 0) is 18.0 Å². The Balaban J connectivity index is 2.46. The van der Waals surface area contributed by atoms with Crippen LogP contribution in [-0.4, -0.2) is 34.4 Å². The molecule has 1 atom stereocenters. The molecule has 1 saturated heterocycles. The molecule has 25 heavy (non-hydrogen) atoms. The lowest BCUT2D eigenvalue weighted by molar-refractivity contribution is -0.226. The first-order valence-corrected chi connectivity index (χ1v) is 12.7. The van der Waals surface area contributed by atoms with E-state index < -0.39 is 14.6 Å². The summed E-state index contributed by atoms with van der Waals surface area (Å²) in [5, 5.41) is 0. The van der Waals surface area contributed by atoms with Gasteiger partial charge in [-0.2, -0.15) is 0 Å². The summed E-state index contributed by atoms with van der Waals surface area (Å²) in [4.78, 5) is 0. The highest BCUT2D eigenvalue weighted by Crippen LogP contribution is 2.39. The Morgan fingerprint density at radius 2 is 1.40 bits per heavy atom. The third-order valence-electron chi connectivity index (χ3n) is 4.93. The van der Waals surface area contributed by atoms with Gasteiger partial charge in [-0.15, -0.1) is 0 Å². The molecule has 0 amide bonds. The Labute approximate surface area is 157 Å². The van der Waals surface area contributed by atoms with Crippen LogP contribution in [0.2, 0.25) is 6.04 Å². The van der Waals surface area contributed by atoms with Crippen LogP contribution < -0.4 is 0 Å².